The van der Waals surface area contributed by atoms with Gasteiger partial charge in [0.15, 0.2) is 0 Å². The summed E-state index contributed by atoms with van der Waals surface area (Å²) in [7, 11) is 0. The van der Waals surface area contributed by atoms with Crippen molar-refractivity contribution in [1.29, 1.82) is 0 Å². The average molecular weight is 374 g/mol. The van der Waals surface area contributed by atoms with Gasteiger partial charge in [-0.15, -0.1) is 0 Å². The zero-order valence-corrected chi connectivity index (χ0v) is 15.8. The van der Waals surface area contributed by atoms with Crippen LogP contribution < -0.4 is 10.2 Å². The summed E-state index contributed by atoms with van der Waals surface area (Å²) in [6, 6.07) is 19.0. The molecule has 6 heteroatoms. The van der Waals surface area contributed by atoms with Gasteiger partial charge in [-0.2, -0.15) is 5.10 Å². The molecule has 1 saturated heterocycles. The first-order valence-corrected chi connectivity index (χ1v) is 9.40. The van der Waals surface area contributed by atoms with Crippen molar-refractivity contribution >= 4 is 23.3 Å². The highest BCUT2D eigenvalue weighted by atomic mass is 16.2. The molecule has 0 aliphatic carbocycles. The minimum Gasteiger partial charge on any atom is -0.312 e. The van der Waals surface area contributed by atoms with Crippen molar-refractivity contribution in [2.45, 2.75) is 26.3 Å². The Hall–Kier alpha value is -3.41. The first-order valence-electron chi connectivity index (χ1n) is 9.40. The minimum atomic E-state index is -0.220. The van der Waals surface area contributed by atoms with Crippen molar-refractivity contribution in [2.24, 2.45) is 0 Å². The maximum Gasteiger partial charge on any atom is 0.256 e. The number of nitrogens with zero attached hydrogens (tertiary/aromatic N) is 3. The lowest BCUT2D eigenvalue weighted by molar-refractivity contribution is -0.117. The average Bonchev–Trinajstić information content (AvgIpc) is 3.28. The van der Waals surface area contributed by atoms with Gasteiger partial charge >= 0.3 is 0 Å². The molecule has 1 aliphatic heterocycles. The van der Waals surface area contributed by atoms with Gasteiger partial charge in [0.25, 0.3) is 5.91 Å². The van der Waals surface area contributed by atoms with E-state index >= 15 is 0 Å². The van der Waals surface area contributed by atoms with Crippen molar-refractivity contribution in [1.82, 2.24) is 9.78 Å². The maximum absolute atomic E-state index is 12.8. The SMILES string of the molecule is Cc1cc(NC(=O)c2cccc(N3CCCC3=O)c2)n(Cc2ccccc2)n1. The summed E-state index contributed by atoms with van der Waals surface area (Å²) >= 11 is 0. The van der Waals surface area contributed by atoms with Crippen LogP contribution in [0.5, 0.6) is 0 Å². The van der Waals surface area contributed by atoms with Crippen LogP contribution in [-0.4, -0.2) is 28.1 Å². The van der Waals surface area contributed by atoms with Gasteiger partial charge in [0.05, 0.1) is 12.2 Å². The Balaban J connectivity index is 1.53. The molecule has 0 spiro atoms. The Morgan fingerprint density at radius 3 is 2.68 bits per heavy atom. The van der Waals surface area contributed by atoms with Gasteiger partial charge in [0.1, 0.15) is 5.82 Å². The Bertz CT molecular complexity index is 1010. The van der Waals surface area contributed by atoms with E-state index < -0.39 is 0 Å². The molecule has 3 aromatic rings. The summed E-state index contributed by atoms with van der Waals surface area (Å²) in [4.78, 5) is 26.5. The fourth-order valence-electron chi connectivity index (χ4n) is 3.45. The molecule has 2 aromatic carbocycles. The molecule has 2 heterocycles. The standard InChI is InChI=1S/C22H22N4O2/c1-16-13-20(26(24-16)15-17-7-3-2-4-8-17)23-22(28)18-9-5-10-19(14-18)25-12-6-11-21(25)27/h2-5,7-10,13-14H,6,11-12,15H2,1H3,(H,23,28). The molecular weight excluding hydrogens is 352 g/mol. The minimum absolute atomic E-state index is 0.106. The number of hydrogen-bond donors (Lipinski definition) is 1. The van der Waals surface area contributed by atoms with Gasteiger partial charge in [-0.3, -0.25) is 9.59 Å². The first kappa shape index (κ1) is 18.0. The topological polar surface area (TPSA) is 67.2 Å². The van der Waals surface area contributed by atoms with E-state index in [1.54, 1.807) is 21.7 Å². The van der Waals surface area contributed by atoms with Crippen molar-refractivity contribution < 1.29 is 9.59 Å². The zero-order chi connectivity index (χ0) is 19.5. The van der Waals surface area contributed by atoms with Crippen molar-refractivity contribution in [3.8, 4) is 0 Å². The number of nitrogens with one attached hydrogen (secondary N) is 1. The summed E-state index contributed by atoms with van der Waals surface area (Å²) in [6.45, 7) is 3.18. The summed E-state index contributed by atoms with van der Waals surface area (Å²) < 4.78 is 1.79. The van der Waals surface area contributed by atoms with Gasteiger partial charge in [-0.05, 0) is 37.1 Å². The maximum atomic E-state index is 12.8. The molecule has 0 unspecified atom stereocenters. The number of carbonyl (C=O) groups is 2. The Morgan fingerprint density at radius 1 is 1.11 bits per heavy atom. The van der Waals surface area contributed by atoms with Crippen LogP contribution in [0.4, 0.5) is 11.5 Å². The van der Waals surface area contributed by atoms with E-state index in [4.69, 9.17) is 0 Å². The van der Waals surface area contributed by atoms with Crippen LogP contribution in [0, 0.1) is 6.92 Å². The second kappa shape index (κ2) is 7.68. The number of aromatic nitrogens is 2. The normalized spacial score (nSPS) is 13.8. The van der Waals surface area contributed by atoms with Gasteiger partial charge in [-0.1, -0.05) is 36.4 Å². The van der Waals surface area contributed by atoms with Crippen LogP contribution in [0.15, 0.2) is 60.7 Å². The highest BCUT2D eigenvalue weighted by molar-refractivity contribution is 6.05. The third-order valence-corrected chi connectivity index (χ3v) is 4.81. The molecular formula is C22H22N4O2. The second-order valence-corrected chi connectivity index (χ2v) is 6.97. The van der Waals surface area contributed by atoms with E-state index in [0.717, 1.165) is 23.4 Å². The molecule has 1 aromatic heterocycles. The Labute approximate surface area is 163 Å². The van der Waals surface area contributed by atoms with E-state index in [2.05, 4.69) is 10.4 Å². The highest BCUT2D eigenvalue weighted by Crippen LogP contribution is 2.23. The monoisotopic (exact) mass is 374 g/mol. The van der Waals surface area contributed by atoms with Crippen molar-refractivity contribution in [2.75, 3.05) is 16.8 Å². The second-order valence-electron chi connectivity index (χ2n) is 6.97. The van der Waals surface area contributed by atoms with Gasteiger partial charge < -0.3 is 10.2 Å². The van der Waals surface area contributed by atoms with E-state index in [0.29, 0.717) is 30.9 Å². The number of rotatable bonds is 5. The summed E-state index contributed by atoms with van der Waals surface area (Å²) in [5, 5.41) is 7.45. The van der Waals surface area contributed by atoms with Crippen molar-refractivity contribution in [3.63, 3.8) is 0 Å². The lowest BCUT2D eigenvalue weighted by Gasteiger charge is -2.16. The molecule has 1 aliphatic rings. The van der Waals surface area contributed by atoms with E-state index in [9.17, 15) is 9.59 Å². The molecule has 142 valence electrons. The quantitative estimate of drug-likeness (QED) is 0.742. The largest absolute Gasteiger partial charge is 0.312 e. The van der Waals surface area contributed by atoms with Crippen LogP contribution >= 0.6 is 0 Å². The third-order valence-electron chi connectivity index (χ3n) is 4.81. The smallest absolute Gasteiger partial charge is 0.256 e. The molecule has 0 saturated carbocycles. The lowest BCUT2D eigenvalue weighted by atomic mass is 10.1. The summed E-state index contributed by atoms with van der Waals surface area (Å²) in [5.74, 6) is 0.533. The number of hydrogen-bond acceptors (Lipinski definition) is 3. The molecule has 0 bridgehead atoms. The molecule has 0 atom stereocenters. The van der Waals surface area contributed by atoms with Gasteiger partial charge in [0, 0.05) is 30.3 Å². The summed E-state index contributed by atoms with van der Waals surface area (Å²) in [6.07, 6.45) is 1.42. The molecule has 6 nitrogen and oxygen atoms in total. The van der Waals surface area contributed by atoms with Gasteiger partial charge in [-0.25, -0.2) is 4.68 Å². The number of carbonyl (C=O) groups excluding carboxylic acids is 2. The fraction of sp³-hybridized carbons (Fsp3) is 0.227. The number of benzene rings is 2. The molecule has 4 rings (SSSR count). The van der Waals surface area contributed by atoms with Crippen LogP contribution in [0.1, 0.15) is 34.5 Å². The Morgan fingerprint density at radius 2 is 1.93 bits per heavy atom. The molecule has 1 fully saturated rings. The van der Waals surface area contributed by atoms with E-state index in [1.807, 2.05) is 55.5 Å². The summed E-state index contributed by atoms with van der Waals surface area (Å²) in [5.41, 5.74) is 3.23. The molecule has 1 N–H and O–H groups in total. The van der Waals surface area contributed by atoms with Crippen LogP contribution in [-0.2, 0) is 11.3 Å². The Kier molecular flexibility index (Phi) is 4.93. The van der Waals surface area contributed by atoms with Gasteiger partial charge in [0.2, 0.25) is 5.91 Å². The lowest BCUT2D eigenvalue weighted by Crippen LogP contribution is -2.24. The fourth-order valence-corrected chi connectivity index (χ4v) is 3.45. The van der Waals surface area contributed by atoms with E-state index in [-0.39, 0.29) is 11.8 Å². The molecule has 2 amide bonds. The third kappa shape index (κ3) is 3.81. The van der Waals surface area contributed by atoms with Crippen LogP contribution in [0.25, 0.3) is 0 Å². The zero-order valence-electron chi connectivity index (χ0n) is 15.8. The predicted octanol–water partition coefficient (Wildman–Crippen LogP) is 3.62. The number of aryl methyl sites for hydroxylation is 1. The van der Waals surface area contributed by atoms with Crippen molar-refractivity contribution in [3.05, 3.63) is 77.5 Å². The molecule has 28 heavy (non-hydrogen) atoms. The van der Waals surface area contributed by atoms with Crippen LogP contribution in [0.3, 0.4) is 0 Å². The number of amides is 2. The predicted molar refractivity (Wildman–Crippen MR) is 108 cm³/mol. The highest BCUT2D eigenvalue weighted by Gasteiger charge is 2.22. The molecule has 0 radical (unpaired) electrons. The number of anilines is 2. The van der Waals surface area contributed by atoms with E-state index in [1.165, 1.54) is 0 Å². The van der Waals surface area contributed by atoms with Crippen LogP contribution in [0.2, 0.25) is 0 Å². The first-order chi connectivity index (χ1) is 13.6.